The van der Waals surface area contributed by atoms with Gasteiger partial charge in [0.1, 0.15) is 0 Å². The highest BCUT2D eigenvalue weighted by molar-refractivity contribution is 5.86. The zero-order valence-electron chi connectivity index (χ0n) is 6.20. The van der Waals surface area contributed by atoms with Crippen LogP contribution >= 0.6 is 0 Å². The van der Waals surface area contributed by atoms with Crippen molar-refractivity contribution in [2.45, 2.75) is 0 Å². The van der Waals surface area contributed by atoms with Gasteiger partial charge in [-0.1, -0.05) is 0 Å². The van der Waals surface area contributed by atoms with Crippen LogP contribution in [0.1, 0.15) is 5.69 Å². The highest BCUT2D eigenvalue weighted by atomic mass is 16.5. The number of nitrogens with one attached hydrogen (secondary N) is 1. The van der Waals surface area contributed by atoms with Gasteiger partial charge in [0, 0.05) is 18.0 Å². The average molecular weight is 151 g/mol. The Balaban J connectivity index is 2.55. The number of aromatic amines is 1. The van der Waals surface area contributed by atoms with Gasteiger partial charge < -0.3 is 9.72 Å². The number of ether oxygens (including phenoxy) is 1. The fourth-order valence-electron chi connectivity index (χ4n) is 0.674. The first-order valence-corrected chi connectivity index (χ1v) is 3.22. The summed E-state index contributed by atoms with van der Waals surface area (Å²) in [7, 11) is 1.35. The summed E-state index contributed by atoms with van der Waals surface area (Å²) >= 11 is 0. The number of carbonyl (C=O) groups is 1. The van der Waals surface area contributed by atoms with Gasteiger partial charge in [0.05, 0.1) is 7.11 Å². The Morgan fingerprint density at radius 1 is 1.73 bits per heavy atom. The Labute approximate surface area is 64.7 Å². The van der Waals surface area contributed by atoms with E-state index in [9.17, 15) is 4.79 Å². The molecule has 1 N–H and O–H groups in total. The number of hydrogen-bond donors (Lipinski definition) is 1. The molecule has 58 valence electrons. The summed E-state index contributed by atoms with van der Waals surface area (Å²) in [5, 5.41) is 0. The number of rotatable bonds is 2. The highest BCUT2D eigenvalue weighted by Gasteiger charge is 1.90. The number of esters is 1. The van der Waals surface area contributed by atoms with Crippen LogP contribution in [-0.2, 0) is 9.53 Å². The molecule has 0 saturated heterocycles. The second-order valence-corrected chi connectivity index (χ2v) is 1.98. The Bertz CT molecular complexity index is 249. The van der Waals surface area contributed by atoms with Gasteiger partial charge in [-0.15, -0.1) is 0 Å². The predicted octanol–water partition coefficient (Wildman–Crippen LogP) is 1.20. The normalized spacial score (nSPS) is 10.3. The molecule has 0 aliphatic carbocycles. The third-order valence-corrected chi connectivity index (χ3v) is 1.22. The molecule has 0 saturated carbocycles. The monoisotopic (exact) mass is 151 g/mol. The molecule has 0 aliphatic rings. The summed E-state index contributed by atoms with van der Waals surface area (Å²) in [4.78, 5) is 13.5. The quantitative estimate of drug-likeness (QED) is 0.509. The molecule has 0 atom stereocenters. The van der Waals surface area contributed by atoms with E-state index in [-0.39, 0.29) is 5.97 Å². The summed E-state index contributed by atoms with van der Waals surface area (Å²) in [6.07, 6.45) is 4.81. The topological polar surface area (TPSA) is 42.1 Å². The highest BCUT2D eigenvalue weighted by Crippen LogP contribution is 1.96. The minimum atomic E-state index is -0.348. The fourth-order valence-corrected chi connectivity index (χ4v) is 0.674. The number of aromatic nitrogens is 1. The standard InChI is InChI=1S/C8H9NO2/c1-11-8(10)5-4-7-3-2-6-9-7/h2-6,9H,1H3/b5-4+. The number of carbonyl (C=O) groups excluding carboxylic acids is 1. The molecular weight excluding hydrogens is 142 g/mol. The Morgan fingerprint density at radius 3 is 3.09 bits per heavy atom. The van der Waals surface area contributed by atoms with Crippen molar-refractivity contribution < 1.29 is 9.53 Å². The van der Waals surface area contributed by atoms with Crippen molar-refractivity contribution in [1.29, 1.82) is 0 Å². The van der Waals surface area contributed by atoms with Crippen molar-refractivity contribution in [3.05, 3.63) is 30.1 Å². The molecule has 0 unspecified atom stereocenters. The maximum Gasteiger partial charge on any atom is 0.330 e. The van der Waals surface area contributed by atoms with E-state index >= 15 is 0 Å². The van der Waals surface area contributed by atoms with E-state index in [1.165, 1.54) is 13.2 Å². The van der Waals surface area contributed by atoms with Crippen molar-refractivity contribution >= 4 is 12.0 Å². The summed E-state index contributed by atoms with van der Waals surface area (Å²) < 4.78 is 4.41. The van der Waals surface area contributed by atoms with Gasteiger partial charge in [0.25, 0.3) is 0 Å². The van der Waals surface area contributed by atoms with Crippen LogP contribution in [-0.4, -0.2) is 18.1 Å². The minimum Gasteiger partial charge on any atom is -0.466 e. The van der Waals surface area contributed by atoms with Crippen LogP contribution in [0.15, 0.2) is 24.4 Å². The molecule has 0 bridgehead atoms. The Kier molecular flexibility index (Phi) is 2.49. The van der Waals surface area contributed by atoms with Crippen LogP contribution in [0.3, 0.4) is 0 Å². The smallest absolute Gasteiger partial charge is 0.330 e. The Hall–Kier alpha value is -1.51. The molecule has 3 nitrogen and oxygen atoms in total. The van der Waals surface area contributed by atoms with Crippen LogP contribution in [0.4, 0.5) is 0 Å². The van der Waals surface area contributed by atoms with Gasteiger partial charge in [0.2, 0.25) is 0 Å². The lowest BCUT2D eigenvalue weighted by Crippen LogP contribution is -1.93. The van der Waals surface area contributed by atoms with E-state index in [1.807, 2.05) is 12.1 Å². The lowest BCUT2D eigenvalue weighted by Gasteiger charge is -1.87. The molecule has 1 aromatic heterocycles. The summed E-state index contributed by atoms with van der Waals surface area (Å²) in [5.41, 5.74) is 0.885. The van der Waals surface area contributed by atoms with Crippen molar-refractivity contribution in [2.75, 3.05) is 7.11 Å². The van der Waals surface area contributed by atoms with E-state index < -0.39 is 0 Å². The molecule has 11 heavy (non-hydrogen) atoms. The molecule has 0 spiro atoms. The van der Waals surface area contributed by atoms with E-state index in [0.717, 1.165) is 5.69 Å². The third-order valence-electron chi connectivity index (χ3n) is 1.22. The van der Waals surface area contributed by atoms with E-state index in [2.05, 4.69) is 9.72 Å². The molecular formula is C8H9NO2. The van der Waals surface area contributed by atoms with Gasteiger partial charge in [0.15, 0.2) is 0 Å². The molecule has 0 aliphatic heterocycles. The maximum atomic E-state index is 10.6. The zero-order valence-corrected chi connectivity index (χ0v) is 6.20. The Morgan fingerprint density at radius 2 is 2.55 bits per heavy atom. The lowest BCUT2D eigenvalue weighted by atomic mass is 10.4. The third kappa shape index (κ3) is 2.29. The van der Waals surface area contributed by atoms with Crippen molar-refractivity contribution in [2.24, 2.45) is 0 Å². The van der Waals surface area contributed by atoms with Gasteiger partial charge >= 0.3 is 5.97 Å². The molecule has 0 fully saturated rings. The number of H-pyrrole nitrogens is 1. The van der Waals surface area contributed by atoms with Gasteiger partial charge in [-0.05, 0) is 18.2 Å². The van der Waals surface area contributed by atoms with Crippen LogP contribution in [0.25, 0.3) is 6.08 Å². The first-order valence-electron chi connectivity index (χ1n) is 3.22. The van der Waals surface area contributed by atoms with Crippen LogP contribution in [0.5, 0.6) is 0 Å². The summed E-state index contributed by atoms with van der Waals surface area (Å²) in [6, 6.07) is 3.72. The van der Waals surface area contributed by atoms with Crippen molar-refractivity contribution in [3.63, 3.8) is 0 Å². The largest absolute Gasteiger partial charge is 0.466 e. The molecule has 1 rings (SSSR count). The van der Waals surface area contributed by atoms with Crippen LogP contribution in [0.2, 0.25) is 0 Å². The van der Waals surface area contributed by atoms with Crippen molar-refractivity contribution in [1.82, 2.24) is 4.98 Å². The first-order chi connectivity index (χ1) is 5.33. The molecule has 1 heterocycles. The van der Waals surface area contributed by atoms with E-state index in [1.54, 1.807) is 12.3 Å². The molecule has 1 aromatic rings. The average Bonchev–Trinajstić information content (AvgIpc) is 2.52. The minimum absolute atomic E-state index is 0.348. The molecule has 0 radical (unpaired) electrons. The summed E-state index contributed by atoms with van der Waals surface area (Å²) in [6.45, 7) is 0. The predicted molar refractivity (Wildman–Crippen MR) is 41.8 cm³/mol. The molecule has 3 heteroatoms. The van der Waals surface area contributed by atoms with Gasteiger partial charge in [-0.25, -0.2) is 4.79 Å². The maximum absolute atomic E-state index is 10.6. The molecule has 0 aromatic carbocycles. The second-order valence-electron chi connectivity index (χ2n) is 1.98. The van der Waals surface area contributed by atoms with E-state index in [0.29, 0.717) is 0 Å². The number of hydrogen-bond acceptors (Lipinski definition) is 2. The lowest BCUT2D eigenvalue weighted by molar-refractivity contribution is -0.134. The van der Waals surface area contributed by atoms with Gasteiger partial charge in [-0.3, -0.25) is 0 Å². The molecule has 0 amide bonds. The zero-order chi connectivity index (χ0) is 8.10. The van der Waals surface area contributed by atoms with Gasteiger partial charge in [-0.2, -0.15) is 0 Å². The van der Waals surface area contributed by atoms with Crippen molar-refractivity contribution in [3.8, 4) is 0 Å². The second kappa shape index (κ2) is 3.61. The SMILES string of the molecule is COC(=O)/C=C/c1ccc[nH]1. The van der Waals surface area contributed by atoms with Crippen LogP contribution in [0, 0.1) is 0 Å². The fraction of sp³-hybridized carbons (Fsp3) is 0.125. The van der Waals surface area contributed by atoms with Crippen LogP contribution < -0.4 is 0 Å². The number of methoxy groups -OCH3 is 1. The summed E-state index contributed by atoms with van der Waals surface area (Å²) in [5.74, 6) is -0.348. The van der Waals surface area contributed by atoms with E-state index in [4.69, 9.17) is 0 Å². The first kappa shape index (κ1) is 7.60.